The second kappa shape index (κ2) is 8.55. The molecule has 0 bridgehead atoms. The Bertz CT molecular complexity index is 916. The molecule has 0 saturated heterocycles. The molecule has 0 aliphatic carbocycles. The summed E-state index contributed by atoms with van der Waals surface area (Å²) in [5.41, 5.74) is 0.609. The number of para-hydroxylation sites is 2. The first kappa shape index (κ1) is 18.7. The third-order valence-electron chi connectivity index (χ3n) is 3.52. The number of thiophene rings is 1. The minimum Gasteiger partial charge on any atom is -0.491 e. The van der Waals surface area contributed by atoms with E-state index in [1.165, 1.54) is 17.6 Å². The number of carbonyl (C=O) groups excluding carboxylic acids is 2. The van der Waals surface area contributed by atoms with E-state index < -0.39 is 0 Å². The molecule has 2 amide bonds. The van der Waals surface area contributed by atoms with E-state index in [0.29, 0.717) is 33.8 Å². The fourth-order valence-corrected chi connectivity index (χ4v) is 3.04. The van der Waals surface area contributed by atoms with Crippen molar-refractivity contribution < 1.29 is 18.7 Å². The van der Waals surface area contributed by atoms with Crippen molar-refractivity contribution in [1.29, 1.82) is 0 Å². The molecule has 7 heteroatoms. The quantitative estimate of drug-likeness (QED) is 0.608. The van der Waals surface area contributed by atoms with Crippen molar-refractivity contribution in [2.45, 2.75) is 13.8 Å². The van der Waals surface area contributed by atoms with Crippen molar-refractivity contribution in [3.8, 4) is 5.75 Å². The minimum absolute atomic E-state index is 0.214. The zero-order valence-electron chi connectivity index (χ0n) is 15.0. The molecule has 0 aliphatic heterocycles. The first-order valence-electron chi connectivity index (χ1n) is 8.51. The van der Waals surface area contributed by atoms with E-state index in [4.69, 9.17) is 9.15 Å². The second-order valence-corrected chi connectivity index (χ2v) is 7.33. The van der Waals surface area contributed by atoms with Crippen molar-refractivity contribution in [3.05, 3.63) is 65.4 Å². The van der Waals surface area contributed by atoms with Gasteiger partial charge in [0.05, 0.1) is 28.4 Å². The maximum atomic E-state index is 12.5. The van der Waals surface area contributed by atoms with Gasteiger partial charge in [-0.2, -0.15) is 0 Å². The number of carbonyl (C=O) groups is 2. The lowest BCUT2D eigenvalue weighted by Crippen LogP contribution is -2.12. The molecule has 2 aromatic heterocycles. The minimum atomic E-state index is -0.360. The Kier molecular flexibility index (Phi) is 5.93. The van der Waals surface area contributed by atoms with Gasteiger partial charge in [-0.3, -0.25) is 9.59 Å². The molecule has 0 fully saturated rings. The summed E-state index contributed by atoms with van der Waals surface area (Å²) in [5.74, 6) is 0.597. The average Bonchev–Trinajstić information content (AvgIpc) is 3.33. The van der Waals surface area contributed by atoms with Crippen LogP contribution in [0.1, 0.15) is 34.1 Å². The molecule has 0 radical (unpaired) electrons. The van der Waals surface area contributed by atoms with Gasteiger partial charge in [-0.15, -0.1) is 11.3 Å². The number of ether oxygens (including phenoxy) is 1. The Morgan fingerprint density at radius 2 is 1.85 bits per heavy atom. The van der Waals surface area contributed by atoms with Gasteiger partial charge in [-0.1, -0.05) is 26.0 Å². The Morgan fingerprint density at radius 3 is 2.59 bits per heavy atom. The van der Waals surface area contributed by atoms with Crippen molar-refractivity contribution in [2.24, 2.45) is 5.92 Å². The maximum absolute atomic E-state index is 12.5. The van der Waals surface area contributed by atoms with Crippen LogP contribution in [0.4, 0.5) is 10.7 Å². The van der Waals surface area contributed by atoms with E-state index in [9.17, 15) is 9.59 Å². The summed E-state index contributed by atoms with van der Waals surface area (Å²) in [6.45, 7) is 4.69. The van der Waals surface area contributed by atoms with Gasteiger partial charge in [0.1, 0.15) is 5.75 Å². The normalized spacial score (nSPS) is 10.6. The molecule has 0 aliphatic rings. The highest BCUT2D eigenvalue weighted by Gasteiger charge is 2.15. The molecule has 2 heterocycles. The van der Waals surface area contributed by atoms with Crippen LogP contribution < -0.4 is 15.4 Å². The molecule has 0 spiro atoms. The number of nitrogens with one attached hydrogen (secondary N) is 2. The predicted molar refractivity (Wildman–Crippen MR) is 106 cm³/mol. The molecule has 140 valence electrons. The lowest BCUT2D eigenvalue weighted by atomic mass is 10.2. The zero-order valence-corrected chi connectivity index (χ0v) is 15.8. The molecular formula is C20H20N2O4S. The molecule has 6 nitrogen and oxygen atoms in total. The van der Waals surface area contributed by atoms with Crippen LogP contribution in [0.5, 0.6) is 5.75 Å². The zero-order chi connectivity index (χ0) is 19.2. The largest absolute Gasteiger partial charge is 0.491 e. The van der Waals surface area contributed by atoms with Crippen LogP contribution >= 0.6 is 11.3 Å². The van der Waals surface area contributed by atoms with E-state index in [2.05, 4.69) is 24.5 Å². The summed E-state index contributed by atoms with van der Waals surface area (Å²) in [7, 11) is 0. The van der Waals surface area contributed by atoms with Crippen LogP contribution in [0.2, 0.25) is 0 Å². The maximum Gasteiger partial charge on any atom is 0.291 e. The van der Waals surface area contributed by atoms with E-state index >= 15 is 0 Å². The molecule has 0 saturated carbocycles. The standard InChI is InChI=1S/C20H20N2O4S/c1-13(2)12-26-15-7-4-3-6-14(15)21-20(24)17-9-10-18(27-17)22-19(23)16-8-5-11-25-16/h3-11,13H,12H2,1-2H3,(H,21,24)(H,22,23). The smallest absolute Gasteiger partial charge is 0.291 e. The lowest BCUT2D eigenvalue weighted by Gasteiger charge is -2.13. The molecule has 27 heavy (non-hydrogen) atoms. The van der Waals surface area contributed by atoms with Gasteiger partial charge in [0, 0.05) is 0 Å². The Morgan fingerprint density at radius 1 is 1.04 bits per heavy atom. The molecule has 2 N–H and O–H groups in total. The van der Waals surface area contributed by atoms with E-state index in [0.717, 1.165) is 0 Å². The van der Waals surface area contributed by atoms with Crippen LogP contribution in [0, 0.1) is 5.92 Å². The van der Waals surface area contributed by atoms with Gasteiger partial charge in [0.2, 0.25) is 0 Å². The van der Waals surface area contributed by atoms with Crippen molar-refractivity contribution in [1.82, 2.24) is 0 Å². The van der Waals surface area contributed by atoms with Crippen molar-refractivity contribution in [2.75, 3.05) is 17.2 Å². The third kappa shape index (κ3) is 4.98. The molecule has 0 unspecified atom stereocenters. The monoisotopic (exact) mass is 384 g/mol. The molecule has 0 atom stereocenters. The van der Waals surface area contributed by atoms with Gasteiger partial charge >= 0.3 is 0 Å². The van der Waals surface area contributed by atoms with Crippen LogP contribution in [0.3, 0.4) is 0 Å². The molecule has 3 rings (SSSR count). The number of hydrogen-bond donors (Lipinski definition) is 2. The van der Waals surface area contributed by atoms with Gasteiger partial charge in [-0.05, 0) is 42.3 Å². The predicted octanol–water partition coefficient (Wildman–Crippen LogP) is 4.88. The summed E-state index contributed by atoms with van der Waals surface area (Å²) >= 11 is 1.18. The summed E-state index contributed by atoms with van der Waals surface area (Å²) in [4.78, 5) is 25.0. The van der Waals surface area contributed by atoms with E-state index in [-0.39, 0.29) is 17.6 Å². The average molecular weight is 384 g/mol. The molecule has 1 aromatic carbocycles. The number of anilines is 2. The molecule has 3 aromatic rings. The van der Waals surface area contributed by atoms with Crippen molar-refractivity contribution >= 4 is 33.8 Å². The van der Waals surface area contributed by atoms with Gasteiger partial charge < -0.3 is 19.8 Å². The van der Waals surface area contributed by atoms with Gasteiger partial charge in [0.25, 0.3) is 11.8 Å². The van der Waals surface area contributed by atoms with E-state index in [1.54, 1.807) is 30.3 Å². The highest BCUT2D eigenvalue weighted by molar-refractivity contribution is 7.18. The summed E-state index contributed by atoms with van der Waals surface area (Å²) in [5, 5.41) is 6.13. The summed E-state index contributed by atoms with van der Waals surface area (Å²) in [6, 6.07) is 13.9. The van der Waals surface area contributed by atoms with Crippen molar-refractivity contribution in [3.63, 3.8) is 0 Å². The highest BCUT2D eigenvalue weighted by atomic mass is 32.1. The third-order valence-corrected chi connectivity index (χ3v) is 4.52. The molecular weight excluding hydrogens is 364 g/mol. The second-order valence-electron chi connectivity index (χ2n) is 6.25. The number of rotatable bonds is 7. The van der Waals surface area contributed by atoms with Gasteiger partial charge in [0.15, 0.2) is 5.76 Å². The number of furan rings is 1. The number of benzene rings is 1. The van der Waals surface area contributed by atoms with Crippen LogP contribution in [0.15, 0.2) is 59.2 Å². The Labute approximate surface area is 161 Å². The van der Waals surface area contributed by atoms with Crippen LogP contribution in [0.25, 0.3) is 0 Å². The Hall–Kier alpha value is -3.06. The van der Waals surface area contributed by atoms with Crippen LogP contribution in [-0.2, 0) is 0 Å². The first-order chi connectivity index (χ1) is 13.0. The Balaban J connectivity index is 1.65. The first-order valence-corrected chi connectivity index (χ1v) is 9.32. The number of amides is 2. The summed E-state index contributed by atoms with van der Waals surface area (Å²) in [6.07, 6.45) is 1.43. The fraction of sp³-hybridized carbons (Fsp3) is 0.200. The summed E-state index contributed by atoms with van der Waals surface area (Å²) < 4.78 is 10.8. The van der Waals surface area contributed by atoms with E-state index in [1.807, 2.05) is 18.2 Å². The fourth-order valence-electron chi connectivity index (χ4n) is 2.24. The topological polar surface area (TPSA) is 80.6 Å². The number of hydrogen-bond acceptors (Lipinski definition) is 5. The lowest BCUT2D eigenvalue weighted by molar-refractivity contribution is 0.0995. The van der Waals surface area contributed by atoms with Crippen LogP contribution in [-0.4, -0.2) is 18.4 Å². The van der Waals surface area contributed by atoms with Gasteiger partial charge in [-0.25, -0.2) is 0 Å². The highest BCUT2D eigenvalue weighted by Crippen LogP contribution is 2.27. The SMILES string of the molecule is CC(C)COc1ccccc1NC(=O)c1ccc(NC(=O)c2ccco2)s1.